The van der Waals surface area contributed by atoms with Crippen LogP contribution in [0.4, 0.5) is 0 Å². The maximum atomic E-state index is 10.6. The molecular formula is C10H7BrO5. The molecule has 0 amide bonds. The average Bonchev–Trinajstić information content (AvgIpc) is 2.18. The second-order valence-electron chi connectivity index (χ2n) is 2.87. The molecule has 84 valence electrons. The summed E-state index contributed by atoms with van der Waals surface area (Å²) >= 11 is 3.13. The van der Waals surface area contributed by atoms with Gasteiger partial charge in [-0.15, -0.1) is 0 Å². The fraction of sp³-hybridized carbons (Fsp3) is 0. The van der Waals surface area contributed by atoms with Crippen LogP contribution in [0.15, 0.2) is 28.2 Å². The number of carbonyl (C=O) groups is 2. The van der Waals surface area contributed by atoms with E-state index in [1.807, 2.05) is 0 Å². The van der Waals surface area contributed by atoms with E-state index in [-0.39, 0.29) is 11.3 Å². The second-order valence-corrected chi connectivity index (χ2v) is 3.79. The van der Waals surface area contributed by atoms with Crippen LogP contribution in [0.2, 0.25) is 0 Å². The highest BCUT2D eigenvalue weighted by atomic mass is 79.9. The number of rotatable bonds is 3. The highest BCUT2D eigenvalue weighted by Crippen LogP contribution is 2.24. The minimum absolute atomic E-state index is 0.120. The number of benzene rings is 1. The highest BCUT2D eigenvalue weighted by molar-refractivity contribution is 9.10. The number of halogens is 1. The molecule has 0 aliphatic heterocycles. The van der Waals surface area contributed by atoms with Crippen LogP contribution in [0, 0.1) is 0 Å². The van der Waals surface area contributed by atoms with Crippen molar-refractivity contribution >= 4 is 33.9 Å². The van der Waals surface area contributed by atoms with Crippen molar-refractivity contribution in [2.24, 2.45) is 0 Å². The van der Waals surface area contributed by atoms with Crippen molar-refractivity contribution in [1.82, 2.24) is 0 Å². The van der Waals surface area contributed by atoms with E-state index in [2.05, 4.69) is 15.9 Å². The zero-order valence-corrected chi connectivity index (χ0v) is 9.43. The lowest BCUT2D eigenvalue weighted by molar-refractivity contribution is -0.139. The molecule has 0 aliphatic carbocycles. The predicted molar refractivity (Wildman–Crippen MR) is 59.1 cm³/mol. The van der Waals surface area contributed by atoms with Gasteiger partial charge in [0.05, 0.1) is 0 Å². The van der Waals surface area contributed by atoms with Gasteiger partial charge in [0.15, 0.2) is 0 Å². The normalized spacial score (nSPS) is 9.56. The molecule has 0 atom stereocenters. The van der Waals surface area contributed by atoms with E-state index in [4.69, 9.17) is 10.2 Å². The summed E-state index contributed by atoms with van der Waals surface area (Å²) in [5.41, 5.74) is -0.692. The Morgan fingerprint density at radius 1 is 1.19 bits per heavy atom. The number of carboxylic acid groups (broad SMARTS) is 2. The Bertz CT molecular complexity index is 462. The minimum Gasteiger partial charge on any atom is -0.507 e. The van der Waals surface area contributed by atoms with E-state index < -0.39 is 17.5 Å². The summed E-state index contributed by atoms with van der Waals surface area (Å²) in [5.74, 6) is -3.32. The molecule has 1 aromatic carbocycles. The van der Waals surface area contributed by atoms with Crippen molar-refractivity contribution < 1.29 is 24.9 Å². The fourth-order valence-electron chi connectivity index (χ4n) is 1.01. The van der Waals surface area contributed by atoms with E-state index in [1.165, 1.54) is 12.1 Å². The zero-order chi connectivity index (χ0) is 12.3. The minimum atomic E-state index is -1.56. The van der Waals surface area contributed by atoms with Crippen molar-refractivity contribution in [2.45, 2.75) is 0 Å². The van der Waals surface area contributed by atoms with Gasteiger partial charge in [-0.3, -0.25) is 0 Å². The first kappa shape index (κ1) is 12.3. The molecule has 6 heteroatoms. The third-order valence-electron chi connectivity index (χ3n) is 1.75. The molecule has 0 heterocycles. The molecule has 3 N–H and O–H groups in total. The van der Waals surface area contributed by atoms with Crippen LogP contribution < -0.4 is 0 Å². The number of carboxylic acids is 2. The average molecular weight is 287 g/mol. The number of hydrogen-bond acceptors (Lipinski definition) is 3. The van der Waals surface area contributed by atoms with Gasteiger partial charge in [0, 0.05) is 10.0 Å². The number of phenolic OH excluding ortho intramolecular Hbond substituents is 1. The van der Waals surface area contributed by atoms with Crippen molar-refractivity contribution in [3.05, 3.63) is 33.8 Å². The summed E-state index contributed by atoms with van der Waals surface area (Å²) in [7, 11) is 0. The van der Waals surface area contributed by atoms with Crippen molar-refractivity contribution in [1.29, 1.82) is 0 Å². The lowest BCUT2D eigenvalue weighted by atomic mass is 10.1. The predicted octanol–water partition coefficient (Wildman–Crippen LogP) is 1.71. The highest BCUT2D eigenvalue weighted by Gasteiger charge is 2.16. The number of aromatic hydroxyl groups is 1. The van der Waals surface area contributed by atoms with E-state index >= 15 is 0 Å². The first-order valence-electron chi connectivity index (χ1n) is 4.08. The number of hydrogen-bond donors (Lipinski definition) is 3. The van der Waals surface area contributed by atoms with Gasteiger partial charge in [-0.05, 0) is 24.3 Å². The van der Waals surface area contributed by atoms with Crippen LogP contribution >= 0.6 is 15.9 Å². The maximum Gasteiger partial charge on any atom is 0.343 e. The SMILES string of the molecule is O=C(O)C(=Cc1cc(Br)ccc1O)C(=O)O. The summed E-state index contributed by atoms with van der Waals surface area (Å²) in [6, 6.07) is 4.30. The molecular weight excluding hydrogens is 280 g/mol. The largest absolute Gasteiger partial charge is 0.507 e. The first-order chi connectivity index (χ1) is 7.41. The molecule has 0 radical (unpaired) electrons. The van der Waals surface area contributed by atoms with Crippen LogP contribution in [0.25, 0.3) is 6.08 Å². The quantitative estimate of drug-likeness (QED) is 0.447. The van der Waals surface area contributed by atoms with E-state index in [1.54, 1.807) is 6.07 Å². The Balaban J connectivity index is 3.28. The van der Waals surface area contributed by atoms with E-state index in [0.29, 0.717) is 4.47 Å². The zero-order valence-electron chi connectivity index (χ0n) is 7.85. The lowest BCUT2D eigenvalue weighted by Gasteiger charge is -2.01. The smallest absolute Gasteiger partial charge is 0.343 e. The Morgan fingerprint density at radius 2 is 1.75 bits per heavy atom. The summed E-state index contributed by atoms with van der Waals surface area (Å²) in [5, 5.41) is 26.6. The van der Waals surface area contributed by atoms with Crippen LogP contribution in [0.3, 0.4) is 0 Å². The van der Waals surface area contributed by atoms with Gasteiger partial charge in [0.25, 0.3) is 0 Å². The summed E-state index contributed by atoms with van der Waals surface area (Å²) < 4.78 is 0.603. The Hall–Kier alpha value is -1.82. The molecule has 0 spiro atoms. The fourth-order valence-corrected chi connectivity index (χ4v) is 1.39. The molecule has 0 fully saturated rings. The summed E-state index contributed by atoms with van der Waals surface area (Å²) in [4.78, 5) is 21.2. The Labute approximate surface area is 98.8 Å². The molecule has 16 heavy (non-hydrogen) atoms. The van der Waals surface area contributed by atoms with E-state index in [9.17, 15) is 14.7 Å². The van der Waals surface area contributed by atoms with Crippen molar-refractivity contribution in [3.63, 3.8) is 0 Å². The molecule has 0 unspecified atom stereocenters. The summed E-state index contributed by atoms with van der Waals surface area (Å²) in [6.45, 7) is 0. The van der Waals surface area contributed by atoms with Crippen molar-refractivity contribution in [2.75, 3.05) is 0 Å². The molecule has 5 nitrogen and oxygen atoms in total. The van der Waals surface area contributed by atoms with Crippen LogP contribution in [-0.4, -0.2) is 27.3 Å². The van der Waals surface area contributed by atoms with Crippen LogP contribution in [-0.2, 0) is 9.59 Å². The summed E-state index contributed by atoms with van der Waals surface area (Å²) in [6.07, 6.45) is 0.894. The van der Waals surface area contributed by atoms with Crippen LogP contribution in [0.1, 0.15) is 5.56 Å². The number of aliphatic carboxylic acids is 2. The molecule has 0 aromatic heterocycles. The third kappa shape index (κ3) is 2.83. The van der Waals surface area contributed by atoms with Gasteiger partial charge in [-0.25, -0.2) is 9.59 Å². The molecule has 1 rings (SSSR count). The van der Waals surface area contributed by atoms with Gasteiger partial charge < -0.3 is 15.3 Å². The third-order valence-corrected chi connectivity index (χ3v) is 2.24. The Kier molecular flexibility index (Phi) is 3.68. The number of phenols is 1. The van der Waals surface area contributed by atoms with Gasteiger partial charge in [0.1, 0.15) is 11.3 Å². The van der Waals surface area contributed by atoms with Gasteiger partial charge in [-0.2, -0.15) is 0 Å². The van der Waals surface area contributed by atoms with E-state index in [0.717, 1.165) is 6.08 Å². The Morgan fingerprint density at radius 3 is 2.25 bits per heavy atom. The van der Waals surface area contributed by atoms with Crippen LogP contribution in [0.5, 0.6) is 5.75 Å². The molecule has 0 aliphatic rings. The standard InChI is InChI=1S/C10H7BrO5/c11-6-1-2-8(12)5(3-6)4-7(9(13)14)10(15)16/h1-4,12H,(H,13,14)(H,15,16). The van der Waals surface area contributed by atoms with Gasteiger partial charge in [-0.1, -0.05) is 15.9 Å². The van der Waals surface area contributed by atoms with Gasteiger partial charge in [0.2, 0.25) is 0 Å². The molecule has 0 bridgehead atoms. The molecule has 0 saturated carbocycles. The second kappa shape index (κ2) is 4.80. The molecule has 0 saturated heterocycles. The monoisotopic (exact) mass is 286 g/mol. The maximum absolute atomic E-state index is 10.6. The molecule has 1 aromatic rings. The lowest BCUT2D eigenvalue weighted by Crippen LogP contribution is -2.10. The van der Waals surface area contributed by atoms with Crippen molar-refractivity contribution in [3.8, 4) is 5.75 Å². The first-order valence-corrected chi connectivity index (χ1v) is 4.88. The topological polar surface area (TPSA) is 94.8 Å². The van der Waals surface area contributed by atoms with Gasteiger partial charge >= 0.3 is 11.9 Å².